The Balaban J connectivity index is 2.88. The number of rotatable bonds is 6. The molecule has 0 saturated carbocycles. The van der Waals surface area contributed by atoms with Gasteiger partial charge < -0.3 is 10.2 Å². The molecule has 0 bridgehead atoms. The molecule has 17 heavy (non-hydrogen) atoms. The van der Waals surface area contributed by atoms with E-state index in [1.807, 2.05) is 0 Å². The van der Waals surface area contributed by atoms with Gasteiger partial charge in [-0.05, 0) is 6.42 Å². The van der Waals surface area contributed by atoms with Crippen LogP contribution in [0, 0.1) is 5.92 Å². The highest BCUT2D eigenvalue weighted by Crippen LogP contribution is 2.02. The van der Waals surface area contributed by atoms with Crippen molar-refractivity contribution in [1.82, 2.24) is 9.55 Å². The first-order valence-corrected chi connectivity index (χ1v) is 5.30. The van der Waals surface area contributed by atoms with Crippen LogP contribution >= 0.6 is 0 Å². The van der Waals surface area contributed by atoms with Crippen LogP contribution in [-0.2, 0) is 6.54 Å². The van der Waals surface area contributed by atoms with Crippen molar-refractivity contribution in [2.75, 3.05) is 13.2 Å². The van der Waals surface area contributed by atoms with E-state index < -0.39 is 11.2 Å². The minimum Gasteiger partial charge on any atom is -0.396 e. The largest absolute Gasteiger partial charge is 0.396 e. The smallest absolute Gasteiger partial charge is 0.328 e. The number of hydrogen-bond acceptors (Lipinski definition) is 4. The summed E-state index contributed by atoms with van der Waals surface area (Å²) >= 11 is 0. The Morgan fingerprint density at radius 1 is 1.41 bits per heavy atom. The molecule has 0 atom stereocenters. The van der Waals surface area contributed by atoms with E-state index in [-0.39, 0.29) is 19.1 Å². The second kappa shape index (κ2) is 6.17. The van der Waals surface area contributed by atoms with Crippen LogP contribution in [0.25, 0.3) is 6.08 Å². The molecule has 1 heterocycles. The lowest BCUT2D eigenvalue weighted by molar-refractivity contribution is 0.140. The van der Waals surface area contributed by atoms with Crippen molar-refractivity contribution in [2.45, 2.75) is 13.0 Å². The Kier molecular flexibility index (Phi) is 4.86. The number of nitrogens with one attached hydrogen (secondary N) is 1. The van der Waals surface area contributed by atoms with E-state index in [1.165, 1.54) is 16.8 Å². The quantitative estimate of drug-likeness (QED) is 0.605. The highest BCUT2D eigenvalue weighted by Gasteiger charge is 2.07. The van der Waals surface area contributed by atoms with Crippen LogP contribution in [0.5, 0.6) is 0 Å². The minimum absolute atomic E-state index is 0.136. The third kappa shape index (κ3) is 3.40. The van der Waals surface area contributed by atoms with Crippen molar-refractivity contribution in [2.24, 2.45) is 5.92 Å². The van der Waals surface area contributed by atoms with Gasteiger partial charge in [-0.3, -0.25) is 14.3 Å². The number of aromatic amines is 1. The van der Waals surface area contributed by atoms with Gasteiger partial charge in [-0.25, -0.2) is 4.79 Å². The average molecular weight is 240 g/mol. The molecule has 0 aromatic carbocycles. The summed E-state index contributed by atoms with van der Waals surface area (Å²) in [7, 11) is 0. The molecule has 94 valence electrons. The highest BCUT2D eigenvalue weighted by atomic mass is 16.3. The predicted octanol–water partition coefficient (Wildman–Crippen LogP) is -0.830. The number of aliphatic hydroxyl groups is 2. The van der Waals surface area contributed by atoms with Gasteiger partial charge in [0.25, 0.3) is 5.56 Å². The van der Waals surface area contributed by atoms with Crippen LogP contribution in [0.4, 0.5) is 0 Å². The molecular weight excluding hydrogens is 224 g/mol. The highest BCUT2D eigenvalue weighted by molar-refractivity contribution is 5.43. The number of aryl methyl sites for hydroxylation is 1. The number of H-pyrrole nitrogens is 1. The molecule has 0 unspecified atom stereocenters. The molecule has 0 amide bonds. The SMILES string of the molecule is C=Cc1cn(CCC(CO)CO)c(=O)[nH]c1=O. The van der Waals surface area contributed by atoms with Gasteiger partial charge >= 0.3 is 5.69 Å². The zero-order valence-electron chi connectivity index (χ0n) is 9.43. The van der Waals surface area contributed by atoms with E-state index in [9.17, 15) is 9.59 Å². The van der Waals surface area contributed by atoms with Crippen LogP contribution in [0.3, 0.4) is 0 Å². The van der Waals surface area contributed by atoms with Gasteiger partial charge in [-0.2, -0.15) is 0 Å². The Hall–Kier alpha value is -1.66. The fraction of sp³-hybridized carbons (Fsp3) is 0.455. The molecule has 0 saturated heterocycles. The zero-order chi connectivity index (χ0) is 12.8. The summed E-state index contributed by atoms with van der Waals surface area (Å²) in [6.45, 7) is 3.52. The Morgan fingerprint density at radius 2 is 2.06 bits per heavy atom. The van der Waals surface area contributed by atoms with Crippen LogP contribution in [0.15, 0.2) is 22.4 Å². The number of hydrogen-bond donors (Lipinski definition) is 3. The molecule has 1 aromatic rings. The monoisotopic (exact) mass is 240 g/mol. The van der Waals surface area contributed by atoms with E-state index >= 15 is 0 Å². The van der Waals surface area contributed by atoms with Gasteiger partial charge in [0.1, 0.15) is 0 Å². The Labute approximate surface area is 97.9 Å². The van der Waals surface area contributed by atoms with Crippen molar-refractivity contribution in [3.05, 3.63) is 39.2 Å². The first kappa shape index (κ1) is 13.4. The van der Waals surface area contributed by atoms with E-state index in [0.717, 1.165) is 0 Å². The van der Waals surface area contributed by atoms with Crippen molar-refractivity contribution in [3.63, 3.8) is 0 Å². The Morgan fingerprint density at radius 3 is 2.59 bits per heavy atom. The second-order valence-corrected chi connectivity index (χ2v) is 3.76. The van der Waals surface area contributed by atoms with Crippen molar-refractivity contribution in [3.8, 4) is 0 Å². The summed E-state index contributed by atoms with van der Waals surface area (Å²) in [5.74, 6) is -0.263. The maximum Gasteiger partial charge on any atom is 0.328 e. The van der Waals surface area contributed by atoms with Gasteiger partial charge in [0.15, 0.2) is 0 Å². The Bertz CT molecular complexity index is 485. The van der Waals surface area contributed by atoms with Gasteiger partial charge in [0.05, 0.1) is 5.56 Å². The topological polar surface area (TPSA) is 95.3 Å². The fourth-order valence-electron chi connectivity index (χ4n) is 1.40. The normalized spacial score (nSPS) is 10.8. The minimum atomic E-state index is -0.504. The molecule has 0 radical (unpaired) electrons. The van der Waals surface area contributed by atoms with Crippen molar-refractivity contribution in [1.29, 1.82) is 0 Å². The first-order chi connectivity index (χ1) is 8.12. The maximum absolute atomic E-state index is 11.4. The predicted molar refractivity (Wildman–Crippen MR) is 63.7 cm³/mol. The van der Waals surface area contributed by atoms with Crippen molar-refractivity contribution < 1.29 is 10.2 Å². The van der Waals surface area contributed by atoms with Crippen LogP contribution in [0.2, 0.25) is 0 Å². The number of aromatic nitrogens is 2. The number of nitrogens with zero attached hydrogens (tertiary/aromatic N) is 1. The molecular formula is C11H16N2O4. The lowest BCUT2D eigenvalue weighted by Crippen LogP contribution is -2.31. The van der Waals surface area contributed by atoms with Crippen LogP contribution in [0.1, 0.15) is 12.0 Å². The van der Waals surface area contributed by atoms with Gasteiger partial charge in [0.2, 0.25) is 0 Å². The average Bonchev–Trinajstić information content (AvgIpc) is 2.32. The summed E-state index contributed by atoms with van der Waals surface area (Å²) in [6.07, 6.45) is 3.24. The maximum atomic E-state index is 11.4. The van der Waals surface area contributed by atoms with Gasteiger partial charge in [-0.1, -0.05) is 12.7 Å². The van der Waals surface area contributed by atoms with Gasteiger partial charge in [-0.15, -0.1) is 0 Å². The van der Waals surface area contributed by atoms with E-state index in [4.69, 9.17) is 10.2 Å². The third-order valence-electron chi connectivity index (χ3n) is 2.55. The van der Waals surface area contributed by atoms with Crippen LogP contribution in [-0.4, -0.2) is 33.0 Å². The zero-order valence-corrected chi connectivity index (χ0v) is 9.43. The summed E-state index contributed by atoms with van der Waals surface area (Å²) in [5.41, 5.74) is -0.661. The summed E-state index contributed by atoms with van der Waals surface area (Å²) in [6, 6.07) is 0. The second-order valence-electron chi connectivity index (χ2n) is 3.76. The lowest BCUT2D eigenvalue weighted by Gasteiger charge is -2.11. The van der Waals surface area contributed by atoms with Crippen molar-refractivity contribution >= 4 is 6.08 Å². The fourth-order valence-corrected chi connectivity index (χ4v) is 1.40. The lowest BCUT2D eigenvalue weighted by atomic mass is 10.1. The van der Waals surface area contributed by atoms with E-state index in [1.54, 1.807) is 0 Å². The standard InChI is InChI=1S/C11H16N2O4/c1-2-9-5-13(11(17)12-10(9)16)4-3-8(6-14)7-15/h2,5,8,14-15H,1,3-4,6-7H2,(H,12,16,17). The van der Waals surface area contributed by atoms with Crippen LogP contribution < -0.4 is 11.2 Å². The summed E-state index contributed by atoms with van der Waals surface area (Å²) in [4.78, 5) is 24.9. The summed E-state index contributed by atoms with van der Waals surface area (Å²) in [5, 5.41) is 17.8. The third-order valence-corrected chi connectivity index (χ3v) is 2.55. The molecule has 6 heteroatoms. The molecule has 1 aromatic heterocycles. The molecule has 6 nitrogen and oxygen atoms in total. The molecule has 3 N–H and O–H groups in total. The van der Waals surface area contributed by atoms with E-state index in [2.05, 4.69) is 11.6 Å². The number of aliphatic hydroxyl groups excluding tert-OH is 2. The molecule has 0 aliphatic heterocycles. The molecule has 0 spiro atoms. The summed E-state index contributed by atoms with van der Waals surface area (Å²) < 4.78 is 1.33. The molecule has 1 rings (SSSR count). The first-order valence-electron chi connectivity index (χ1n) is 5.30. The molecule has 0 fully saturated rings. The molecule has 0 aliphatic carbocycles. The molecule has 0 aliphatic rings. The van der Waals surface area contributed by atoms with E-state index in [0.29, 0.717) is 18.5 Å². The van der Waals surface area contributed by atoms with Gasteiger partial charge in [0, 0.05) is 31.9 Å².